The van der Waals surface area contributed by atoms with Crippen molar-refractivity contribution in [3.8, 4) is 78.7 Å². The maximum Gasteiger partial charge on any atom is 0.165 e. The Kier molecular flexibility index (Phi) is 8.71. The van der Waals surface area contributed by atoms with Gasteiger partial charge in [0.15, 0.2) is 17.5 Å². The van der Waals surface area contributed by atoms with Gasteiger partial charge in [-0.15, -0.1) is 0 Å². The lowest BCUT2D eigenvalue weighted by Crippen LogP contribution is -2.01. The van der Waals surface area contributed by atoms with Crippen LogP contribution >= 0.6 is 0 Å². The van der Waals surface area contributed by atoms with Gasteiger partial charge in [-0.2, -0.15) is 0 Å². The summed E-state index contributed by atoms with van der Waals surface area (Å²) < 4.78 is 0. The first kappa shape index (κ1) is 35.0. The Labute approximate surface area is 346 Å². The summed E-state index contributed by atoms with van der Waals surface area (Å²) in [4.78, 5) is 29.4. The van der Waals surface area contributed by atoms with Crippen LogP contribution in [0.2, 0.25) is 0 Å². The zero-order valence-corrected chi connectivity index (χ0v) is 32.3. The second-order valence-corrected chi connectivity index (χ2v) is 14.9. The largest absolute Gasteiger partial charge is 0.256 e. The van der Waals surface area contributed by atoms with Crippen molar-refractivity contribution in [2.24, 2.45) is 0 Å². The molecule has 6 nitrogen and oxygen atoms in total. The molecule has 0 bridgehead atoms. The minimum atomic E-state index is 0.548. The predicted octanol–water partition coefficient (Wildman–Crippen LogP) is 13.2. The van der Waals surface area contributed by atoms with E-state index in [1.807, 2.05) is 67.1 Å². The van der Waals surface area contributed by atoms with Crippen LogP contribution in [0.4, 0.5) is 0 Å². The molecule has 0 amide bonds. The number of pyridine rings is 3. The van der Waals surface area contributed by atoms with Gasteiger partial charge in [0, 0.05) is 51.4 Å². The fraction of sp³-hybridized carbons (Fsp3) is 0. The molecule has 0 fully saturated rings. The molecular weight excluding hydrogens is 733 g/mol. The number of nitrogens with zero attached hydrogens (tertiary/aromatic N) is 6. The normalized spacial score (nSPS) is 11.3. The molecule has 0 saturated heterocycles. The lowest BCUT2D eigenvalue weighted by molar-refractivity contribution is 1.07. The summed E-state index contributed by atoms with van der Waals surface area (Å²) in [7, 11) is 0. The zero-order valence-electron chi connectivity index (χ0n) is 32.3. The monoisotopic (exact) mass is 766 g/mol. The summed E-state index contributed by atoms with van der Waals surface area (Å²) in [6.07, 6.45) is 5.49. The van der Waals surface area contributed by atoms with Crippen molar-refractivity contribution in [3.05, 3.63) is 207 Å². The van der Waals surface area contributed by atoms with Crippen molar-refractivity contribution in [2.75, 3.05) is 0 Å². The van der Waals surface area contributed by atoms with Crippen LogP contribution in [-0.4, -0.2) is 29.9 Å². The van der Waals surface area contributed by atoms with Crippen LogP contribution in [0, 0.1) is 0 Å². The van der Waals surface area contributed by atoms with Gasteiger partial charge in [0.1, 0.15) is 0 Å². The first-order valence-corrected chi connectivity index (χ1v) is 19.9. The first-order chi connectivity index (χ1) is 29.7. The van der Waals surface area contributed by atoms with E-state index in [1.54, 1.807) is 0 Å². The molecule has 11 rings (SSSR count). The maximum atomic E-state index is 5.21. The van der Waals surface area contributed by atoms with Gasteiger partial charge in [-0.1, -0.05) is 115 Å². The highest BCUT2D eigenvalue weighted by Gasteiger charge is 2.17. The second kappa shape index (κ2) is 14.9. The topological polar surface area (TPSA) is 77.3 Å². The molecule has 0 unspecified atom stereocenters. The van der Waals surface area contributed by atoms with Crippen LogP contribution < -0.4 is 0 Å². The summed E-state index contributed by atoms with van der Waals surface area (Å²) in [6.45, 7) is 0. The molecule has 0 radical (unpaired) electrons. The Bertz CT molecular complexity index is 3280. The van der Waals surface area contributed by atoms with E-state index in [2.05, 4.69) is 149 Å². The quantitative estimate of drug-likeness (QED) is 0.161. The molecule has 0 aliphatic heterocycles. The molecule has 0 aliphatic rings. The molecule has 4 heterocycles. The molecule has 4 aromatic heterocycles. The summed E-state index contributed by atoms with van der Waals surface area (Å²) >= 11 is 0. The minimum absolute atomic E-state index is 0.548. The van der Waals surface area contributed by atoms with E-state index in [4.69, 9.17) is 19.9 Å². The number of fused-ring (bicyclic) bond motifs is 3. The smallest absolute Gasteiger partial charge is 0.165 e. The standard InChI is InChI=1S/C54H34N6/c1-2-9-35(10-3-1)39-12-6-13-40(27-39)46-30-45(37-19-17-36(18-20-37)41-22-21-38-14-7-26-56-51(38)33-41)31-47(32-46)53-58-52(44-23-24-50-43(28-44)15-8-25-55-50)59-54(60-53)48-29-42-11-4-5-16-49(42)57-34-48/h1-34H. The molecule has 11 aromatic rings. The highest BCUT2D eigenvalue weighted by Crippen LogP contribution is 2.36. The van der Waals surface area contributed by atoms with E-state index in [1.165, 1.54) is 0 Å². The lowest BCUT2D eigenvalue weighted by atomic mass is 9.93. The third-order valence-corrected chi connectivity index (χ3v) is 11.0. The lowest BCUT2D eigenvalue weighted by Gasteiger charge is -2.14. The summed E-state index contributed by atoms with van der Waals surface area (Å²) in [5, 5.41) is 3.15. The number of aromatic nitrogens is 6. The van der Waals surface area contributed by atoms with E-state index in [0.717, 1.165) is 93.9 Å². The SMILES string of the molecule is c1ccc(-c2cccc(-c3cc(-c4ccc(-c5ccc6cccnc6c5)cc4)cc(-c4nc(-c5ccc6ncccc6c5)nc(-c5cnc6ccccc6c5)n4)c3)c2)cc1. The number of hydrogen-bond donors (Lipinski definition) is 0. The van der Waals surface area contributed by atoms with E-state index >= 15 is 0 Å². The molecule has 280 valence electrons. The molecule has 0 atom stereocenters. The maximum absolute atomic E-state index is 5.21. The van der Waals surface area contributed by atoms with E-state index in [9.17, 15) is 0 Å². The van der Waals surface area contributed by atoms with Crippen LogP contribution in [-0.2, 0) is 0 Å². The summed E-state index contributed by atoms with van der Waals surface area (Å²) in [5.41, 5.74) is 14.2. The Balaban J connectivity index is 1.09. The Hall–Kier alpha value is -8.22. The van der Waals surface area contributed by atoms with E-state index in [-0.39, 0.29) is 0 Å². The number of hydrogen-bond acceptors (Lipinski definition) is 6. The van der Waals surface area contributed by atoms with E-state index in [0.29, 0.717) is 17.5 Å². The van der Waals surface area contributed by atoms with Gasteiger partial charge in [0.2, 0.25) is 0 Å². The molecule has 7 aromatic carbocycles. The van der Waals surface area contributed by atoms with Crippen LogP contribution in [0.25, 0.3) is 111 Å². The van der Waals surface area contributed by atoms with Gasteiger partial charge < -0.3 is 0 Å². The fourth-order valence-corrected chi connectivity index (χ4v) is 7.87. The molecule has 0 N–H and O–H groups in total. The van der Waals surface area contributed by atoms with Gasteiger partial charge in [0.05, 0.1) is 16.6 Å². The predicted molar refractivity (Wildman–Crippen MR) is 244 cm³/mol. The molecular formula is C54H34N6. The Morgan fingerprint density at radius 2 is 0.717 bits per heavy atom. The van der Waals surface area contributed by atoms with Gasteiger partial charge in [-0.05, 0) is 117 Å². The highest BCUT2D eigenvalue weighted by atomic mass is 15.0. The van der Waals surface area contributed by atoms with Crippen molar-refractivity contribution in [2.45, 2.75) is 0 Å². The molecule has 6 heteroatoms. The average Bonchev–Trinajstić information content (AvgIpc) is 3.33. The third-order valence-electron chi connectivity index (χ3n) is 11.0. The number of benzene rings is 7. The van der Waals surface area contributed by atoms with Gasteiger partial charge in [-0.3, -0.25) is 15.0 Å². The zero-order chi connectivity index (χ0) is 39.8. The number of rotatable bonds is 7. The second-order valence-electron chi connectivity index (χ2n) is 14.9. The summed E-state index contributed by atoms with van der Waals surface area (Å²) in [6, 6.07) is 65.4. The van der Waals surface area contributed by atoms with Gasteiger partial charge >= 0.3 is 0 Å². The fourth-order valence-electron chi connectivity index (χ4n) is 7.87. The van der Waals surface area contributed by atoms with Gasteiger partial charge in [-0.25, -0.2) is 15.0 Å². The van der Waals surface area contributed by atoms with Crippen LogP contribution in [0.5, 0.6) is 0 Å². The Morgan fingerprint density at radius 1 is 0.233 bits per heavy atom. The minimum Gasteiger partial charge on any atom is -0.256 e. The van der Waals surface area contributed by atoms with Crippen LogP contribution in [0.1, 0.15) is 0 Å². The van der Waals surface area contributed by atoms with E-state index < -0.39 is 0 Å². The molecule has 0 saturated carbocycles. The van der Waals surface area contributed by atoms with Crippen molar-refractivity contribution in [1.82, 2.24) is 29.9 Å². The third kappa shape index (κ3) is 6.82. The number of para-hydroxylation sites is 1. The van der Waals surface area contributed by atoms with Gasteiger partial charge in [0.25, 0.3) is 0 Å². The average molecular weight is 767 g/mol. The van der Waals surface area contributed by atoms with Crippen molar-refractivity contribution in [1.29, 1.82) is 0 Å². The molecule has 0 aliphatic carbocycles. The van der Waals surface area contributed by atoms with Crippen LogP contribution in [0.15, 0.2) is 207 Å². The van der Waals surface area contributed by atoms with Crippen molar-refractivity contribution < 1.29 is 0 Å². The Morgan fingerprint density at radius 3 is 1.52 bits per heavy atom. The molecule has 60 heavy (non-hydrogen) atoms. The highest BCUT2D eigenvalue weighted by molar-refractivity contribution is 5.88. The molecule has 0 spiro atoms. The first-order valence-electron chi connectivity index (χ1n) is 19.9. The van der Waals surface area contributed by atoms with Crippen molar-refractivity contribution in [3.63, 3.8) is 0 Å². The summed E-state index contributed by atoms with van der Waals surface area (Å²) in [5.74, 6) is 1.69. The van der Waals surface area contributed by atoms with Crippen LogP contribution in [0.3, 0.4) is 0 Å². The van der Waals surface area contributed by atoms with Crippen molar-refractivity contribution >= 4 is 32.7 Å².